The van der Waals surface area contributed by atoms with Crippen molar-refractivity contribution in [2.45, 2.75) is 124 Å². The van der Waals surface area contributed by atoms with Crippen LogP contribution in [0.3, 0.4) is 0 Å². The van der Waals surface area contributed by atoms with Gasteiger partial charge in [0.1, 0.15) is 0 Å². The summed E-state index contributed by atoms with van der Waals surface area (Å²) in [5.41, 5.74) is 0. The first-order chi connectivity index (χ1) is 15.1. The zero-order chi connectivity index (χ0) is 21.5. The molecule has 0 amide bonds. The summed E-state index contributed by atoms with van der Waals surface area (Å²) >= 11 is 0. The van der Waals surface area contributed by atoms with Crippen LogP contribution < -0.4 is 0 Å². The van der Waals surface area contributed by atoms with Gasteiger partial charge in [-0.3, -0.25) is 0 Å². The van der Waals surface area contributed by atoms with Crippen LogP contribution in [0.2, 0.25) is 0 Å². The summed E-state index contributed by atoms with van der Waals surface area (Å²) in [4.78, 5) is 0. The van der Waals surface area contributed by atoms with Gasteiger partial charge in [0, 0.05) is 0 Å². The molecule has 0 radical (unpaired) electrons. The standard InChI is InChI=1S/C31H54/c1-5-26(20(2)3)30-21(4)16-17-29(30)24-11-8-13-25(19-24)31-27-14-7-6-10-22(27)18-23-12-9-15-28(23)31/h20-31H,5-19H2,1-4H3. The number of rotatable bonds is 5. The highest BCUT2D eigenvalue weighted by molar-refractivity contribution is 5.00. The maximum absolute atomic E-state index is 2.62. The third kappa shape index (κ3) is 4.30. The molecule has 0 N–H and O–H groups in total. The van der Waals surface area contributed by atoms with Crippen LogP contribution in [-0.2, 0) is 0 Å². The van der Waals surface area contributed by atoms with Crippen molar-refractivity contribution in [2.75, 3.05) is 0 Å². The molecule has 11 atom stereocenters. The molecular formula is C31H54. The molecule has 5 aliphatic rings. The molecule has 5 fully saturated rings. The van der Waals surface area contributed by atoms with Gasteiger partial charge < -0.3 is 0 Å². The molecule has 5 rings (SSSR count). The predicted octanol–water partition coefficient (Wildman–Crippen LogP) is 9.38. The van der Waals surface area contributed by atoms with E-state index in [9.17, 15) is 0 Å². The summed E-state index contributed by atoms with van der Waals surface area (Å²) in [5.74, 6) is 12.8. The van der Waals surface area contributed by atoms with Gasteiger partial charge in [0.15, 0.2) is 0 Å². The van der Waals surface area contributed by atoms with E-state index in [1.807, 2.05) is 0 Å². The molecule has 31 heavy (non-hydrogen) atoms. The monoisotopic (exact) mass is 426 g/mol. The molecule has 0 heterocycles. The number of hydrogen-bond acceptors (Lipinski definition) is 0. The van der Waals surface area contributed by atoms with Crippen molar-refractivity contribution < 1.29 is 0 Å². The van der Waals surface area contributed by atoms with E-state index < -0.39 is 0 Å². The maximum atomic E-state index is 2.62. The van der Waals surface area contributed by atoms with Crippen LogP contribution in [0.1, 0.15) is 124 Å². The second-order valence-electron chi connectivity index (χ2n) is 13.7. The van der Waals surface area contributed by atoms with Gasteiger partial charge in [-0.05, 0) is 103 Å². The Kier molecular flexibility index (Phi) is 7.13. The van der Waals surface area contributed by atoms with Gasteiger partial charge in [0.25, 0.3) is 0 Å². The van der Waals surface area contributed by atoms with Crippen LogP contribution in [0.25, 0.3) is 0 Å². The minimum Gasteiger partial charge on any atom is -0.0651 e. The lowest BCUT2D eigenvalue weighted by atomic mass is 9.53. The average Bonchev–Trinajstić information content (AvgIpc) is 3.39. The van der Waals surface area contributed by atoms with Crippen LogP contribution >= 0.6 is 0 Å². The van der Waals surface area contributed by atoms with E-state index in [2.05, 4.69) is 27.7 Å². The van der Waals surface area contributed by atoms with Gasteiger partial charge in [-0.2, -0.15) is 0 Å². The molecule has 0 aromatic heterocycles. The van der Waals surface area contributed by atoms with Gasteiger partial charge in [-0.1, -0.05) is 91.9 Å². The smallest absolute Gasteiger partial charge is 0.0324 e. The van der Waals surface area contributed by atoms with E-state index in [0.29, 0.717) is 0 Å². The normalized spacial score (nSPS) is 49.1. The predicted molar refractivity (Wildman–Crippen MR) is 134 cm³/mol. The summed E-state index contributed by atoms with van der Waals surface area (Å²) in [7, 11) is 0. The third-order valence-corrected chi connectivity index (χ3v) is 12.1. The average molecular weight is 427 g/mol. The first kappa shape index (κ1) is 22.8. The van der Waals surface area contributed by atoms with Crippen LogP contribution in [0.15, 0.2) is 0 Å². The topological polar surface area (TPSA) is 0 Å². The molecule has 0 heteroatoms. The fourth-order valence-electron chi connectivity index (χ4n) is 11.1. The Bertz CT molecular complexity index is 577. The first-order valence-electron chi connectivity index (χ1n) is 15.1. The van der Waals surface area contributed by atoms with E-state index in [4.69, 9.17) is 0 Å². The molecule has 0 nitrogen and oxygen atoms in total. The Balaban J connectivity index is 1.34. The zero-order valence-electron chi connectivity index (χ0n) is 21.5. The molecular weight excluding hydrogens is 372 g/mol. The van der Waals surface area contributed by atoms with E-state index in [-0.39, 0.29) is 0 Å². The summed E-state index contributed by atoms with van der Waals surface area (Å²) in [5, 5.41) is 0. The van der Waals surface area contributed by atoms with Gasteiger partial charge >= 0.3 is 0 Å². The largest absolute Gasteiger partial charge is 0.0651 e. The van der Waals surface area contributed by atoms with Crippen molar-refractivity contribution in [1.29, 1.82) is 0 Å². The second kappa shape index (κ2) is 9.70. The van der Waals surface area contributed by atoms with Crippen molar-refractivity contribution in [3.63, 3.8) is 0 Å². The Morgan fingerprint density at radius 2 is 1.16 bits per heavy atom. The second-order valence-corrected chi connectivity index (χ2v) is 13.7. The van der Waals surface area contributed by atoms with Crippen molar-refractivity contribution in [3.05, 3.63) is 0 Å². The molecule has 0 aromatic rings. The Morgan fingerprint density at radius 3 is 1.87 bits per heavy atom. The Labute approximate surface area is 195 Å². The lowest BCUT2D eigenvalue weighted by Crippen LogP contribution is -2.45. The van der Waals surface area contributed by atoms with Crippen molar-refractivity contribution >= 4 is 0 Å². The van der Waals surface area contributed by atoms with Gasteiger partial charge in [-0.25, -0.2) is 0 Å². The summed E-state index contributed by atoms with van der Waals surface area (Å²) < 4.78 is 0. The lowest BCUT2D eigenvalue weighted by Gasteiger charge is -2.52. The highest BCUT2D eigenvalue weighted by Gasteiger charge is 2.51. The van der Waals surface area contributed by atoms with E-state index in [0.717, 1.165) is 71.0 Å². The Morgan fingerprint density at radius 1 is 0.613 bits per heavy atom. The quantitative estimate of drug-likeness (QED) is 0.410. The molecule has 11 unspecified atom stereocenters. The summed E-state index contributed by atoms with van der Waals surface area (Å²) in [6, 6.07) is 0. The fraction of sp³-hybridized carbons (Fsp3) is 1.00. The van der Waals surface area contributed by atoms with E-state index in [1.54, 1.807) is 83.5 Å². The maximum Gasteiger partial charge on any atom is -0.0324 e. The number of fused-ring (bicyclic) bond motifs is 2. The third-order valence-electron chi connectivity index (χ3n) is 12.1. The molecule has 0 aliphatic heterocycles. The van der Waals surface area contributed by atoms with Crippen LogP contribution in [-0.4, -0.2) is 0 Å². The van der Waals surface area contributed by atoms with Gasteiger partial charge in [0.05, 0.1) is 0 Å². The molecule has 5 aliphatic carbocycles. The van der Waals surface area contributed by atoms with Crippen LogP contribution in [0.5, 0.6) is 0 Å². The highest BCUT2D eigenvalue weighted by atomic mass is 14.6. The summed E-state index contributed by atoms with van der Waals surface area (Å²) in [6.07, 6.45) is 23.6. The highest BCUT2D eigenvalue weighted by Crippen LogP contribution is 2.60. The van der Waals surface area contributed by atoms with Gasteiger partial charge in [0.2, 0.25) is 0 Å². The van der Waals surface area contributed by atoms with Gasteiger partial charge in [-0.15, -0.1) is 0 Å². The van der Waals surface area contributed by atoms with Crippen molar-refractivity contribution in [3.8, 4) is 0 Å². The van der Waals surface area contributed by atoms with Crippen LogP contribution in [0, 0.1) is 71.0 Å². The minimum absolute atomic E-state index is 0.873. The molecule has 0 spiro atoms. The Hall–Kier alpha value is 0. The van der Waals surface area contributed by atoms with E-state index in [1.165, 1.54) is 12.8 Å². The molecule has 5 saturated carbocycles. The summed E-state index contributed by atoms with van der Waals surface area (Å²) in [6.45, 7) is 10.1. The van der Waals surface area contributed by atoms with Crippen molar-refractivity contribution in [1.82, 2.24) is 0 Å². The van der Waals surface area contributed by atoms with Crippen molar-refractivity contribution in [2.24, 2.45) is 71.0 Å². The molecule has 0 saturated heterocycles. The lowest BCUT2D eigenvalue weighted by molar-refractivity contribution is -0.0331. The van der Waals surface area contributed by atoms with Crippen LogP contribution in [0.4, 0.5) is 0 Å². The minimum atomic E-state index is 0.873. The first-order valence-corrected chi connectivity index (χ1v) is 15.1. The van der Waals surface area contributed by atoms with E-state index >= 15 is 0 Å². The number of hydrogen-bond donors (Lipinski definition) is 0. The fourth-order valence-corrected chi connectivity index (χ4v) is 11.1. The SMILES string of the molecule is CCC(C(C)C)C1C(C)CCC1C1CCCC(C2C3CCCCC3CC3CCCC32)C1. The zero-order valence-corrected chi connectivity index (χ0v) is 21.5. The molecule has 0 bridgehead atoms. The molecule has 0 aromatic carbocycles. The molecule has 178 valence electrons.